The Morgan fingerprint density at radius 3 is 1.22 bits per heavy atom. The maximum atomic E-state index is 5.25. The molecule has 0 bridgehead atoms. The summed E-state index contributed by atoms with van der Waals surface area (Å²) in [5, 5.41) is 4.97. The fraction of sp³-hybridized carbons (Fsp3) is 0.151. The molecule has 11 rings (SSSR count). The van der Waals surface area contributed by atoms with Crippen LogP contribution in [-0.2, 0) is 10.8 Å². The molecule has 0 fully saturated rings. The zero-order chi connectivity index (χ0) is 39.2. The first-order chi connectivity index (χ1) is 28.2. The van der Waals surface area contributed by atoms with Gasteiger partial charge in [-0.1, -0.05) is 143 Å². The zero-order valence-electron chi connectivity index (χ0n) is 33.2. The average molecular weight is 750 g/mol. The van der Waals surface area contributed by atoms with Gasteiger partial charge in [0.15, 0.2) is 17.5 Å². The summed E-state index contributed by atoms with van der Waals surface area (Å²) in [7, 11) is 0. The lowest BCUT2D eigenvalue weighted by Crippen LogP contribution is -2.33. The molecule has 10 aromatic rings. The monoisotopic (exact) mass is 749 g/mol. The van der Waals surface area contributed by atoms with Gasteiger partial charge in [-0.05, 0) is 83.3 Å². The first-order valence-electron chi connectivity index (χ1n) is 20.3. The molecule has 5 heteroatoms. The predicted octanol–water partition coefficient (Wildman–Crippen LogP) is 13.4. The number of hydrogen-bond donors (Lipinski definition) is 0. The Hall–Kier alpha value is -6.85. The summed E-state index contributed by atoms with van der Waals surface area (Å²) in [5.74, 6) is 1.90. The Morgan fingerprint density at radius 1 is 0.362 bits per heavy atom. The Bertz CT molecular complexity index is 3110. The zero-order valence-corrected chi connectivity index (χ0v) is 33.2. The van der Waals surface area contributed by atoms with Gasteiger partial charge in [0.25, 0.3) is 0 Å². The van der Waals surface area contributed by atoms with Gasteiger partial charge < -0.3 is 9.13 Å². The minimum atomic E-state index is 0.0584. The highest BCUT2D eigenvalue weighted by atomic mass is 15.0. The van der Waals surface area contributed by atoms with Gasteiger partial charge in [-0.15, -0.1) is 0 Å². The van der Waals surface area contributed by atoms with Crippen LogP contribution >= 0.6 is 0 Å². The van der Waals surface area contributed by atoms with Crippen LogP contribution in [0.15, 0.2) is 164 Å². The molecule has 3 aromatic heterocycles. The molecule has 1 aliphatic rings. The van der Waals surface area contributed by atoms with E-state index in [1.54, 1.807) is 0 Å². The van der Waals surface area contributed by atoms with Crippen LogP contribution in [0.4, 0.5) is 0 Å². The van der Waals surface area contributed by atoms with E-state index < -0.39 is 0 Å². The number of nitrogens with zero attached hydrogens (tertiary/aromatic N) is 5. The van der Waals surface area contributed by atoms with Gasteiger partial charge >= 0.3 is 0 Å². The maximum absolute atomic E-state index is 5.25. The Labute approximate surface area is 338 Å². The van der Waals surface area contributed by atoms with Gasteiger partial charge in [0.05, 0.1) is 22.1 Å². The van der Waals surface area contributed by atoms with E-state index in [9.17, 15) is 0 Å². The third-order valence-corrected chi connectivity index (χ3v) is 12.6. The van der Waals surface area contributed by atoms with Crippen molar-refractivity contribution >= 4 is 43.6 Å². The van der Waals surface area contributed by atoms with Crippen molar-refractivity contribution in [1.29, 1.82) is 0 Å². The van der Waals surface area contributed by atoms with Crippen molar-refractivity contribution in [2.75, 3.05) is 0 Å². The van der Waals surface area contributed by atoms with Crippen molar-refractivity contribution in [2.45, 2.75) is 51.4 Å². The van der Waals surface area contributed by atoms with E-state index in [4.69, 9.17) is 15.0 Å². The number of aromatic nitrogens is 5. The topological polar surface area (TPSA) is 48.5 Å². The highest BCUT2D eigenvalue weighted by Crippen LogP contribution is 2.49. The molecule has 7 aromatic carbocycles. The van der Waals surface area contributed by atoms with Gasteiger partial charge in [0.1, 0.15) is 0 Å². The van der Waals surface area contributed by atoms with Crippen molar-refractivity contribution in [2.24, 2.45) is 0 Å². The van der Waals surface area contributed by atoms with Crippen molar-refractivity contribution in [3.05, 3.63) is 175 Å². The third kappa shape index (κ3) is 5.41. The lowest BCUT2D eigenvalue weighted by molar-refractivity contribution is 0.332. The molecule has 0 aliphatic heterocycles. The highest BCUT2D eigenvalue weighted by molar-refractivity contribution is 6.11. The Morgan fingerprint density at radius 2 is 0.741 bits per heavy atom. The number of rotatable bonds is 5. The van der Waals surface area contributed by atoms with E-state index in [1.165, 1.54) is 50.1 Å². The molecule has 5 nitrogen and oxygen atoms in total. The lowest BCUT2D eigenvalue weighted by atomic mass is 9.63. The molecule has 0 atom stereocenters. The predicted molar refractivity (Wildman–Crippen MR) is 240 cm³/mol. The number of benzene rings is 7. The summed E-state index contributed by atoms with van der Waals surface area (Å²) in [6.45, 7) is 9.65. The van der Waals surface area contributed by atoms with Crippen LogP contribution < -0.4 is 0 Å². The van der Waals surface area contributed by atoms with Crippen LogP contribution in [0.5, 0.6) is 0 Å². The van der Waals surface area contributed by atoms with Crippen LogP contribution in [0, 0.1) is 0 Å². The summed E-state index contributed by atoms with van der Waals surface area (Å²) in [6.07, 6.45) is 2.32. The Balaban J connectivity index is 1.25. The number of para-hydroxylation sites is 3. The first kappa shape index (κ1) is 34.4. The standard InChI is InChI=1S/C53H43N5/c1-52(2)27-28-53(3,4)44-33-48-42(32-43(44)52)41-23-13-16-26-47(41)58(48)38-30-36(29-37(31-38)57-45-24-14-11-21-39(45)40-22-12-15-25-46(40)57)51-55-49(34-17-7-5-8-18-34)54-50(56-51)35-19-9-6-10-20-35/h5-26,29-33H,27-28H2,1-4H3. The van der Waals surface area contributed by atoms with Gasteiger partial charge in [-0.25, -0.2) is 15.0 Å². The van der Waals surface area contributed by atoms with Crippen LogP contribution in [0.1, 0.15) is 51.7 Å². The van der Waals surface area contributed by atoms with E-state index in [-0.39, 0.29) is 10.8 Å². The molecule has 3 heterocycles. The molecule has 280 valence electrons. The molecule has 0 amide bonds. The largest absolute Gasteiger partial charge is 0.309 e. The SMILES string of the molecule is CC1(C)CCC(C)(C)c2cc3c(cc21)c1ccccc1n3-c1cc(-c2nc(-c3ccccc3)nc(-c3ccccc3)n2)cc(-n2c3ccccc3c3ccccc32)c1. The molecule has 0 unspecified atom stereocenters. The highest BCUT2D eigenvalue weighted by Gasteiger charge is 2.38. The number of fused-ring (bicyclic) bond motifs is 7. The molecule has 0 saturated heterocycles. The molecule has 58 heavy (non-hydrogen) atoms. The second kappa shape index (κ2) is 12.8. The molecular formula is C53H43N5. The van der Waals surface area contributed by atoms with Crippen molar-refractivity contribution < 1.29 is 0 Å². The van der Waals surface area contributed by atoms with Crippen molar-refractivity contribution in [3.63, 3.8) is 0 Å². The summed E-state index contributed by atoms with van der Waals surface area (Å²) in [5.41, 5.74) is 12.6. The van der Waals surface area contributed by atoms with E-state index in [0.29, 0.717) is 17.5 Å². The van der Waals surface area contributed by atoms with E-state index in [1.807, 2.05) is 36.4 Å². The van der Waals surface area contributed by atoms with Crippen LogP contribution in [-0.4, -0.2) is 24.1 Å². The third-order valence-electron chi connectivity index (χ3n) is 12.6. The minimum absolute atomic E-state index is 0.0584. The van der Waals surface area contributed by atoms with Gasteiger partial charge in [0.2, 0.25) is 0 Å². The molecule has 0 spiro atoms. The second-order valence-corrected chi connectivity index (χ2v) is 17.2. The molecular weight excluding hydrogens is 707 g/mol. The summed E-state index contributed by atoms with van der Waals surface area (Å²) < 4.78 is 4.87. The molecule has 0 radical (unpaired) electrons. The van der Waals surface area contributed by atoms with E-state index in [2.05, 4.69) is 164 Å². The first-order valence-corrected chi connectivity index (χ1v) is 20.3. The molecule has 0 N–H and O–H groups in total. The minimum Gasteiger partial charge on any atom is -0.309 e. The van der Waals surface area contributed by atoms with Gasteiger partial charge in [0, 0.05) is 49.6 Å². The number of hydrogen-bond acceptors (Lipinski definition) is 3. The van der Waals surface area contributed by atoms with Crippen LogP contribution in [0.2, 0.25) is 0 Å². The quantitative estimate of drug-likeness (QED) is 0.176. The summed E-state index contributed by atoms with van der Waals surface area (Å²) in [4.78, 5) is 15.5. The Kier molecular flexibility index (Phi) is 7.61. The van der Waals surface area contributed by atoms with Crippen LogP contribution in [0.25, 0.3) is 89.2 Å². The van der Waals surface area contributed by atoms with Gasteiger partial charge in [-0.2, -0.15) is 0 Å². The average Bonchev–Trinajstić information content (AvgIpc) is 3.78. The normalized spacial score (nSPS) is 14.7. The molecule has 0 saturated carbocycles. The smallest absolute Gasteiger partial charge is 0.164 e. The van der Waals surface area contributed by atoms with Crippen LogP contribution in [0.3, 0.4) is 0 Å². The fourth-order valence-electron chi connectivity index (χ4n) is 9.43. The summed E-state index contributed by atoms with van der Waals surface area (Å²) >= 11 is 0. The van der Waals surface area contributed by atoms with E-state index in [0.717, 1.165) is 45.5 Å². The second-order valence-electron chi connectivity index (χ2n) is 17.2. The van der Waals surface area contributed by atoms with Crippen molar-refractivity contribution in [3.8, 4) is 45.5 Å². The van der Waals surface area contributed by atoms with Crippen molar-refractivity contribution in [1.82, 2.24) is 24.1 Å². The van der Waals surface area contributed by atoms with Gasteiger partial charge in [-0.3, -0.25) is 0 Å². The maximum Gasteiger partial charge on any atom is 0.164 e. The fourth-order valence-corrected chi connectivity index (χ4v) is 9.43. The lowest BCUT2D eigenvalue weighted by Gasteiger charge is -2.42. The summed E-state index contributed by atoms with van der Waals surface area (Å²) in [6, 6.07) is 58.6. The van der Waals surface area contributed by atoms with E-state index >= 15 is 0 Å². The molecule has 1 aliphatic carbocycles.